The van der Waals surface area contributed by atoms with E-state index in [0.29, 0.717) is 0 Å². The molecule has 2 heteroatoms. The van der Waals surface area contributed by atoms with Gasteiger partial charge in [0.1, 0.15) is 0 Å². The van der Waals surface area contributed by atoms with Gasteiger partial charge in [0.2, 0.25) is 0 Å². The summed E-state index contributed by atoms with van der Waals surface area (Å²) in [5.74, 6) is 0. The van der Waals surface area contributed by atoms with Crippen molar-refractivity contribution in [3.8, 4) is 0 Å². The highest BCUT2D eigenvalue weighted by Gasteiger charge is 2.34. The monoisotopic (exact) mass is 140 g/mol. The van der Waals surface area contributed by atoms with E-state index in [2.05, 4.69) is 23.9 Å². The second-order valence-corrected chi connectivity index (χ2v) is 3.76. The van der Waals surface area contributed by atoms with E-state index in [1.165, 1.54) is 25.9 Å². The SMILES string of the molecule is CN1C[C@@H]2CC[C@H]1CN2C. The lowest BCUT2D eigenvalue weighted by Gasteiger charge is -2.48. The minimum absolute atomic E-state index is 0.856. The predicted octanol–water partition coefficient (Wildman–Crippen LogP) is 0.395. The molecule has 58 valence electrons. The van der Waals surface area contributed by atoms with Crippen LogP contribution in [0.25, 0.3) is 0 Å². The lowest BCUT2D eigenvalue weighted by atomic mass is 9.92. The second kappa shape index (κ2) is 2.21. The van der Waals surface area contributed by atoms with Gasteiger partial charge in [-0.3, -0.25) is 0 Å². The third-order valence-electron chi connectivity index (χ3n) is 3.08. The van der Waals surface area contributed by atoms with Crippen LogP contribution in [0, 0.1) is 0 Å². The summed E-state index contributed by atoms with van der Waals surface area (Å²) in [4.78, 5) is 5.02. The van der Waals surface area contributed by atoms with Crippen molar-refractivity contribution < 1.29 is 0 Å². The van der Waals surface area contributed by atoms with Crippen molar-refractivity contribution in [1.82, 2.24) is 9.80 Å². The van der Waals surface area contributed by atoms with Crippen LogP contribution in [0.2, 0.25) is 0 Å². The van der Waals surface area contributed by atoms with Gasteiger partial charge in [-0.1, -0.05) is 0 Å². The molecule has 3 fully saturated rings. The van der Waals surface area contributed by atoms with Gasteiger partial charge >= 0.3 is 0 Å². The van der Waals surface area contributed by atoms with Gasteiger partial charge in [0.05, 0.1) is 0 Å². The van der Waals surface area contributed by atoms with Gasteiger partial charge in [-0.25, -0.2) is 0 Å². The minimum Gasteiger partial charge on any atom is -0.301 e. The fraction of sp³-hybridized carbons (Fsp3) is 1.00. The van der Waals surface area contributed by atoms with E-state index in [4.69, 9.17) is 0 Å². The topological polar surface area (TPSA) is 6.48 Å². The highest BCUT2D eigenvalue weighted by atomic mass is 15.3. The fourth-order valence-electron chi connectivity index (χ4n) is 2.25. The first-order valence-electron chi connectivity index (χ1n) is 4.18. The summed E-state index contributed by atoms with van der Waals surface area (Å²) >= 11 is 0. The Labute approximate surface area is 62.8 Å². The molecule has 2 bridgehead atoms. The summed E-state index contributed by atoms with van der Waals surface area (Å²) in [7, 11) is 4.51. The number of piperidine rings is 2. The standard InChI is InChI=1S/C8H16N2/c1-9-5-8-4-3-7(9)6-10(8)2/h7-8H,3-6H2,1-2H3/t7-,8-/m0/s1. The van der Waals surface area contributed by atoms with Crippen LogP contribution in [0.15, 0.2) is 0 Å². The van der Waals surface area contributed by atoms with E-state index in [-0.39, 0.29) is 0 Å². The molecule has 0 amide bonds. The number of rotatable bonds is 0. The maximum absolute atomic E-state index is 2.51. The maximum Gasteiger partial charge on any atom is 0.0221 e. The molecule has 0 aromatic rings. The number of fused-ring (bicyclic) bond motifs is 3. The summed E-state index contributed by atoms with van der Waals surface area (Å²) in [6.45, 7) is 2.59. The molecule has 2 nitrogen and oxygen atoms in total. The average molecular weight is 140 g/mol. The third-order valence-corrected chi connectivity index (χ3v) is 3.08. The summed E-state index contributed by atoms with van der Waals surface area (Å²) in [6, 6.07) is 1.71. The largest absolute Gasteiger partial charge is 0.301 e. The zero-order valence-corrected chi connectivity index (χ0v) is 6.88. The molecule has 0 spiro atoms. The van der Waals surface area contributed by atoms with Crippen molar-refractivity contribution in [1.29, 1.82) is 0 Å². The molecule has 0 radical (unpaired) electrons. The fourth-order valence-corrected chi connectivity index (χ4v) is 2.25. The van der Waals surface area contributed by atoms with E-state index >= 15 is 0 Å². The molecular formula is C8H16N2. The van der Waals surface area contributed by atoms with Crippen molar-refractivity contribution in [3.05, 3.63) is 0 Å². The summed E-state index contributed by atoms with van der Waals surface area (Å²) in [5.41, 5.74) is 0. The Morgan fingerprint density at radius 2 is 1.30 bits per heavy atom. The first-order valence-corrected chi connectivity index (χ1v) is 4.18. The smallest absolute Gasteiger partial charge is 0.0221 e. The normalized spacial score (nSPS) is 42.6. The Morgan fingerprint density at radius 3 is 1.50 bits per heavy atom. The zero-order chi connectivity index (χ0) is 7.14. The number of hydrogen-bond acceptors (Lipinski definition) is 2. The van der Waals surface area contributed by atoms with Crippen LogP contribution in [0.4, 0.5) is 0 Å². The molecule has 3 heterocycles. The van der Waals surface area contributed by atoms with Crippen LogP contribution in [0.5, 0.6) is 0 Å². The quantitative estimate of drug-likeness (QED) is 0.480. The molecule has 3 aliphatic rings. The van der Waals surface area contributed by atoms with Crippen LogP contribution in [-0.4, -0.2) is 49.1 Å². The number of piperazine rings is 1. The average Bonchev–Trinajstić information content (AvgIpc) is 1.91. The molecular weight excluding hydrogens is 124 g/mol. The predicted molar refractivity (Wildman–Crippen MR) is 42.1 cm³/mol. The number of likely N-dealkylation sites (N-methyl/N-ethyl adjacent to an activating group) is 2. The Morgan fingerprint density at radius 1 is 0.900 bits per heavy atom. The minimum atomic E-state index is 0.856. The van der Waals surface area contributed by atoms with Gasteiger partial charge in [0.15, 0.2) is 0 Å². The van der Waals surface area contributed by atoms with Gasteiger partial charge in [-0.15, -0.1) is 0 Å². The van der Waals surface area contributed by atoms with Gasteiger partial charge < -0.3 is 9.80 Å². The molecule has 0 aromatic heterocycles. The van der Waals surface area contributed by atoms with E-state index in [1.54, 1.807) is 0 Å². The van der Waals surface area contributed by atoms with Gasteiger partial charge in [-0.2, -0.15) is 0 Å². The van der Waals surface area contributed by atoms with E-state index in [9.17, 15) is 0 Å². The molecule has 0 N–H and O–H groups in total. The van der Waals surface area contributed by atoms with E-state index in [0.717, 1.165) is 12.1 Å². The summed E-state index contributed by atoms with van der Waals surface area (Å²) in [5, 5.41) is 0. The molecule has 2 atom stereocenters. The Hall–Kier alpha value is -0.0800. The Balaban J connectivity index is 2.09. The van der Waals surface area contributed by atoms with Crippen LogP contribution >= 0.6 is 0 Å². The zero-order valence-electron chi connectivity index (χ0n) is 6.88. The van der Waals surface area contributed by atoms with Crippen LogP contribution in [0.1, 0.15) is 12.8 Å². The Bertz CT molecular complexity index is 119. The lowest BCUT2D eigenvalue weighted by Crippen LogP contribution is -2.59. The Kier molecular flexibility index (Phi) is 1.46. The van der Waals surface area contributed by atoms with Gasteiger partial charge in [-0.05, 0) is 26.9 Å². The number of hydrogen-bond donors (Lipinski definition) is 0. The first-order chi connectivity index (χ1) is 4.77. The van der Waals surface area contributed by atoms with Crippen LogP contribution < -0.4 is 0 Å². The molecule has 10 heavy (non-hydrogen) atoms. The van der Waals surface area contributed by atoms with Crippen LogP contribution in [-0.2, 0) is 0 Å². The molecule has 3 rings (SSSR count). The molecule has 0 aliphatic carbocycles. The van der Waals surface area contributed by atoms with E-state index < -0.39 is 0 Å². The first kappa shape index (κ1) is 6.62. The molecule has 3 saturated heterocycles. The molecule has 0 aromatic carbocycles. The van der Waals surface area contributed by atoms with Crippen molar-refractivity contribution >= 4 is 0 Å². The highest BCUT2D eigenvalue weighted by molar-refractivity contribution is 4.91. The summed E-state index contributed by atoms with van der Waals surface area (Å²) in [6.07, 6.45) is 2.84. The second-order valence-electron chi connectivity index (χ2n) is 3.76. The van der Waals surface area contributed by atoms with Crippen molar-refractivity contribution in [2.24, 2.45) is 0 Å². The van der Waals surface area contributed by atoms with Gasteiger partial charge in [0.25, 0.3) is 0 Å². The maximum atomic E-state index is 2.51. The van der Waals surface area contributed by atoms with Crippen LogP contribution in [0.3, 0.4) is 0 Å². The molecule has 3 aliphatic heterocycles. The van der Waals surface area contributed by atoms with E-state index in [1.807, 2.05) is 0 Å². The van der Waals surface area contributed by atoms with Crippen molar-refractivity contribution in [3.63, 3.8) is 0 Å². The molecule has 0 unspecified atom stereocenters. The van der Waals surface area contributed by atoms with Gasteiger partial charge in [0, 0.05) is 25.2 Å². The molecule has 0 saturated carbocycles. The third kappa shape index (κ3) is 0.867. The summed E-state index contributed by atoms with van der Waals surface area (Å²) < 4.78 is 0. The van der Waals surface area contributed by atoms with Crippen molar-refractivity contribution in [2.45, 2.75) is 24.9 Å². The number of nitrogens with zero attached hydrogens (tertiary/aromatic N) is 2. The lowest BCUT2D eigenvalue weighted by molar-refractivity contribution is 0.00971. The van der Waals surface area contributed by atoms with Crippen molar-refractivity contribution in [2.75, 3.05) is 27.2 Å². The highest BCUT2D eigenvalue weighted by Crippen LogP contribution is 2.25.